The van der Waals surface area contributed by atoms with Gasteiger partial charge in [-0.1, -0.05) is 56.3 Å². The van der Waals surface area contributed by atoms with E-state index in [1.807, 2.05) is 54.6 Å². The Morgan fingerprint density at radius 1 is 0.833 bits per heavy atom. The molecule has 0 atom stereocenters. The lowest BCUT2D eigenvalue weighted by atomic mass is 10.0. The highest BCUT2D eigenvalue weighted by Gasteiger charge is 2.10. The molecule has 0 aliphatic rings. The molecule has 3 rings (SSSR count). The number of ether oxygens (including phenoxy) is 2. The Morgan fingerprint density at radius 2 is 1.47 bits per heavy atom. The summed E-state index contributed by atoms with van der Waals surface area (Å²) in [6, 6.07) is 24.0. The van der Waals surface area contributed by atoms with Gasteiger partial charge in [0.15, 0.2) is 0 Å². The van der Waals surface area contributed by atoms with Crippen molar-refractivity contribution in [1.29, 1.82) is 0 Å². The van der Waals surface area contributed by atoms with E-state index in [2.05, 4.69) is 19.2 Å². The molecular weight excluding hydrogens is 378 g/mol. The fourth-order valence-corrected chi connectivity index (χ4v) is 2.77. The number of benzene rings is 3. The summed E-state index contributed by atoms with van der Waals surface area (Å²) < 4.78 is 10.9. The molecule has 0 heterocycles. The Labute approximate surface area is 176 Å². The Kier molecular flexibility index (Phi) is 7.22. The molecule has 0 aliphatic carbocycles. The van der Waals surface area contributed by atoms with Crippen LogP contribution in [0.3, 0.4) is 0 Å². The summed E-state index contributed by atoms with van der Waals surface area (Å²) in [5.74, 6) is 0.965. The molecule has 0 unspecified atom stereocenters. The largest absolute Gasteiger partial charge is 0.460 e. The van der Waals surface area contributed by atoms with Crippen LogP contribution in [0.15, 0.2) is 78.9 Å². The van der Waals surface area contributed by atoms with Gasteiger partial charge in [0, 0.05) is 5.56 Å². The third-order valence-electron chi connectivity index (χ3n) is 4.53. The second-order valence-corrected chi connectivity index (χ2v) is 7.18. The lowest BCUT2D eigenvalue weighted by molar-refractivity contribution is -0.143. The van der Waals surface area contributed by atoms with Crippen LogP contribution in [0.1, 0.15) is 41.3 Å². The molecule has 1 N–H and O–H groups in total. The highest BCUT2D eigenvalue weighted by molar-refractivity contribution is 5.96. The Balaban J connectivity index is 1.43. The number of hydrogen-bond donors (Lipinski definition) is 1. The molecule has 0 bridgehead atoms. The van der Waals surface area contributed by atoms with Crippen LogP contribution in [0.4, 0.5) is 0 Å². The topological polar surface area (TPSA) is 64.6 Å². The van der Waals surface area contributed by atoms with Crippen LogP contribution in [0, 0.1) is 0 Å². The molecule has 0 saturated heterocycles. The molecule has 154 valence electrons. The number of nitrogens with one attached hydrogen (secondary N) is 1. The van der Waals surface area contributed by atoms with Crippen LogP contribution >= 0.6 is 0 Å². The highest BCUT2D eigenvalue weighted by atomic mass is 16.5. The minimum Gasteiger partial charge on any atom is -0.460 e. The van der Waals surface area contributed by atoms with E-state index in [1.165, 1.54) is 5.56 Å². The fourth-order valence-electron chi connectivity index (χ4n) is 2.77. The van der Waals surface area contributed by atoms with Crippen molar-refractivity contribution in [2.75, 3.05) is 6.54 Å². The number of amides is 1. The zero-order valence-electron chi connectivity index (χ0n) is 17.1. The first-order valence-corrected chi connectivity index (χ1v) is 9.87. The van der Waals surface area contributed by atoms with Crippen molar-refractivity contribution in [3.8, 4) is 11.5 Å². The molecule has 5 nitrogen and oxygen atoms in total. The predicted molar refractivity (Wildman–Crippen MR) is 116 cm³/mol. The van der Waals surface area contributed by atoms with Crippen LogP contribution in [0.25, 0.3) is 0 Å². The highest BCUT2D eigenvalue weighted by Crippen LogP contribution is 2.21. The molecule has 0 spiro atoms. The minimum absolute atomic E-state index is 0.179. The Hall–Kier alpha value is -3.60. The number of carbonyl (C=O) groups is 2. The zero-order valence-corrected chi connectivity index (χ0v) is 17.1. The van der Waals surface area contributed by atoms with Crippen molar-refractivity contribution in [3.63, 3.8) is 0 Å². The smallest absolute Gasteiger partial charge is 0.325 e. The SMILES string of the molecule is CC(C)c1ccc(COC(=O)CNC(=O)c2ccc(Oc3ccccc3)cc2)cc1. The van der Waals surface area contributed by atoms with E-state index in [0.29, 0.717) is 17.2 Å². The summed E-state index contributed by atoms with van der Waals surface area (Å²) in [6.45, 7) is 4.24. The van der Waals surface area contributed by atoms with Gasteiger partial charge in [-0.15, -0.1) is 0 Å². The number of esters is 1. The fraction of sp³-hybridized carbons (Fsp3) is 0.200. The second kappa shape index (κ2) is 10.3. The third-order valence-corrected chi connectivity index (χ3v) is 4.53. The van der Waals surface area contributed by atoms with Gasteiger partial charge < -0.3 is 14.8 Å². The molecule has 1 amide bonds. The van der Waals surface area contributed by atoms with Crippen molar-refractivity contribution < 1.29 is 19.1 Å². The monoisotopic (exact) mass is 403 g/mol. The average Bonchev–Trinajstić information content (AvgIpc) is 2.77. The van der Waals surface area contributed by atoms with E-state index < -0.39 is 5.97 Å². The normalized spacial score (nSPS) is 10.5. The number of rotatable bonds is 8. The van der Waals surface area contributed by atoms with Gasteiger partial charge in [-0.25, -0.2) is 0 Å². The average molecular weight is 403 g/mol. The van der Waals surface area contributed by atoms with Crippen molar-refractivity contribution in [3.05, 3.63) is 95.6 Å². The lowest BCUT2D eigenvalue weighted by Crippen LogP contribution is -2.30. The van der Waals surface area contributed by atoms with E-state index in [-0.39, 0.29) is 19.1 Å². The summed E-state index contributed by atoms with van der Waals surface area (Å²) in [6.07, 6.45) is 0. The van der Waals surface area contributed by atoms with Gasteiger partial charge in [-0.2, -0.15) is 0 Å². The molecule has 5 heteroatoms. The van der Waals surface area contributed by atoms with E-state index in [1.54, 1.807) is 24.3 Å². The maximum absolute atomic E-state index is 12.2. The van der Waals surface area contributed by atoms with Crippen molar-refractivity contribution in [2.45, 2.75) is 26.4 Å². The van der Waals surface area contributed by atoms with Gasteiger partial charge in [0.25, 0.3) is 5.91 Å². The van der Waals surface area contributed by atoms with Gasteiger partial charge in [0.05, 0.1) is 0 Å². The summed E-state index contributed by atoms with van der Waals surface area (Å²) in [7, 11) is 0. The molecular formula is C25H25NO4. The van der Waals surface area contributed by atoms with E-state index in [0.717, 1.165) is 11.3 Å². The lowest BCUT2D eigenvalue weighted by Gasteiger charge is -2.09. The minimum atomic E-state index is -0.486. The van der Waals surface area contributed by atoms with Gasteiger partial charge in [0.1, 0.15) is 24.7 Å². The van der Waals surface area contributed by atoms with Gasteiger partial charge >= 0.3 is 5.97 Å². The first kappa shape index (κ1) is 21.1. The summed E-state index contributed by atoms with van der Waals surface area (Å²) in [5.41, 5.74) is 2.58. The summed E-state index contributed by atoms with van der Waals surface area (Å²) >= 11 is 0. The van der Waals surface area contributed by atoms with Crippen molar-refractivity contribution in [2.24, 2.45) is 0 Å². The maximum atomic E-state index is 12.2. The van der Waals surface area contributed by atoms with Crippen LogP contribution in [-0.2, 0) is 16.1 Å². The number of carbonyl (C=O) groups excluding carboxylic acids is 2. The van der Waals surface area contributed by atoms with Crippen LogP contribution in [0.2, 0.25) is 0 Å². The van der Waals surface area contributed by atoms with E-state index >= 15 is 0 Å². The Morgan fingerprint density at radius 3 is 2.10 bits per heavy atom. The van der Waals surface area contributed by atoms with Gasteiger partial charge in [0.2, 0.25) is 0 Å². The molecule has 0 aliphatic heterocycles. The van der Waals surface area contributed by atoms with Crippen molar-refractivity contribution in [1.82, 2.24) is 5.32 Å². The van der Waals surface area contributed by atoms with Crippen LogP contribution in [-0.4, -0.2) is 18.4 Å². The van der Waals surface area contributed by atoms with Crippen LogP contribution < -0.4 is 10.1 Å². The van der Waals surface area contributed by atoms with Gasteiger partial charge in [-0.3, -0.25) is 9.59 Å². The first-order chi connectivity index (χ1) is 14.5. The van der Waals surface area contributed by atoms with Crippen molar-refractivity contribution >= 4 is 11.9 Å². The van der Waals surface area contributed by atoms with E-state index in [4.69, 9.17) is 9.47 Å². The number of para-hydroxylation sites is 1. The quantitative estimate of drug-likeness (QED) is 0.533. The summed E-state index contributed by atoms with van der Waals surface area (Å²) in [4.78, 5) is 24.2. The predicted octanol–water partition coefficient (Wildman–Crippen LogP) is 5.08. The standard InChI is InChI=1S/C25H25NO4/c1-18(2)20-10-8-19(9-11-20)17-29-24(27)16-26-25(28)21-12-14-23(15-13-21)30-22-6-4-3-5-7-22/h3-15,18H,16-17H2,1-2H3,(H,26,28). The summed E-state index contributed by atoms with van der Waals surface area (Å²) in [5, 5.41) is 2.57. The molecule has 0 fully saturated rings. The van der Waals surface area contributed by atoms with Crippen LogP contribution in [0.5, 0.6) is 11.5 Å². The van der Waals surface area contributed by atoms with E-state index in [9.17, 15) is 9.59 Å². The van der Waals surface area contributed by atoms with Gasteiger partial charge in [-0.05, 0) is 53.4 Å². The maximum Gasteiger partial charge on any atom is 0.325 e. The molecule has 0 saturated carbocycles. The third kappa shape index (κ3) is 6.21. The molecule has 30 heavy (non-hydrogen) atoms. The second-order valence-electron chi connectivity index (χ2n) is 7.18. The molecule has 3 aromatic rings. The first-order valence-electron chi connectivity index (χ1n) is 9.87. The molecule has 3 aromatic carbocycles. The zero-order chi connectivity index (χ0) is 21.3. The molecule has 0 radical (unpaired) electrons. The molecule has 0 aromatic heterocycles. The number of hydrogen-bond acceptors (Lipinski definition) is 4. The Bertz CT molecular complexity index is 964.